The van der Waals surface area contributed by atoms with E-state index < -0.39 is 0 Å². The van der Waals surface area contributed by atoms with Gasteiger partial charge >= 0.3 is 0 Å². The van der Waals surface area contributed by atoms with Crippen molar-refractivity contribution >= 4 is 17.3 Å². The first-order valence-corrected chi connectivity index (χ1v) is 9.71. The van der Waals surface area contributed by atoms with E-state index in [0.717, 1.165) is 19.0 Å². The summed E-state index contributed by atoms with van der Waals surface area (Å²) in [5.41, 5.74) is 3.70. The fourth-order valence-electron chi connectivity index (χ4n) is 2.34. The van der Waals surface area contributed by atoms with Gasteiger partial charge in [-0.3, -0.25) is 0 Å². The number of guanidine groups is 1. The minimum absolute atomic E-state index is 0.243. The maximum Gasteiger partial charge on any atom is 0.191 e. The standard InChI is InChI=1S/C20H29N3OS/c1-5-21-20(23-13-19-16(4)9-10-25-19)22-12-17-7-6-8-18(11-17)14-24-15(2)3/h6-11,15H,5,12-14H2,1-4H3,(H2,21,22,23). The summed E-state index contributed by atoms with van der Waals surface area (Å²) in [6.07, 6.45) is 0.243. The number of nitrogens with zero attached hydrogens (tertiary/aromatic N) is 1. The maximum atomic E-state index is 5.68. The Bertz CT molecular complexity index is 679. The van der Waals surface area contributed by atoms with E-state index in [1.807, 2.05) is 0 Å². The van der Waals surface area contributed by atoms with Gasteiger partial charge in [-0.25, -0.2) is 4.99 Å². The van der Waals surface area contributed by atoms with Crippen LogP contribution < -0.4 is 10.6 Å². The van der Waals surface area contributed by atoms with Crippen LogP contribution in [0, 0.1) is 6.92 Å². The smallest absolute Gasteiger partial charge is 0.191 e. The zero-order valence-electron chi connectivity index (χ0n) is 15.6. The van der Waals surface area contributed by atoms with Crippen LogP contribution in [-0.4, -0.2) is 18.6 Å². The molecule has 0 saturated carbocycles. The van der Waals surface area contributed by atoms with Crippen molar-refractivity contribution in [3.05, 3.63) is 57.3 Å². The van der Waals surface area contributed by atoms with E-state index in [4.69, 9.17) is 9.73 Å². The zero-order chi connectivity index (χ0) is 18.1. The Labute approximate surface area is 155 Å². The van der Waals surface area contributed by atoms with E-state index in [2.05, 4.69) is 74.0 Å². The van der Waals surface area contributed by atoms with Crippen LogP contribution in [0.2, 0.25) is 0 Å². The predicted octanol–water partition coefficient (Wildman–Crippen LogP) is 4.24. The highest BCUT2D eigenvalue weighted by molar-refractivity contribution is 7.10. The van der Waals surface area contributed by atoms with Crippen LogP contribution in [0.5, 0.6) is 0 Å². The van der Waals surface area contributed by atoms with Gasteiger partial charge in [-0.2, -0.15) is 0 Å². The average molecular weight is 360 g/mol. The number of aliphatic imine (C=N–C) groups is 1. The molecule has 0 saturated heterocycles. The van der Waals surface area contributed by atoms with Crippen molar-refractivity contribution in [3.8, 4) is 0 Å². The summed E-state index contributed by atoms with van der Waals surface area (Å²) < 4.78 is 5.68. The molecule has 0 amide bonds. The summed E-state index contributed by atoms with van der Waals surface area (Å²) in [6.45, 7) is 11.3. The first-order chi connectivity index (χ1) is 12.1. The third-order valence-electron chi connectivity index (χ3n) is 3.72. The lowest BCUT2D eigenvalue weighted by molar-refractivity contribution is 0.0657. The number of hydrogen-bond acceptors (Lipinski definition) is 3. The van der Waals surface area contributed by atoms with Gasteiger partial charge in [0.15, 0.2) is 5.96 Å². The van der Waals surface area contributed by atoms with Crippen molar-refractivity contribution in [1.29, 1.82) is 0 Å². The van der Waals surface area contributed by atoms with Gasteiger partial charge in [-0.1, -0.05) is 24.3 Å². The highest BCUT2D eigenvalue weighted by Gasteiger charge is 2.03. The number of nitrogens with one attached hydrogen (secondary N) is 2. The molecule has 4 nitrogen and oxygen atoms in total. The number of ether oxygens (including phenoxy) is 1. The monoisotopic (exact) mass is 359 g/mol. The molecule has 0 aliphatic heterocycles. The first kappa shape index (κ1) is 19.5. The quantitative estimate of drug-likeness (QED) is 0.547. The number of hydrogen-bond donors (Lipinski definition) is 2. The van der Waals surface area contributed by atoms with Crippen molar-refractivity contribution in [2.75, 3.05) is 6.54 Å². The molecule has 1 aromatic heterocycles. The predicted molar refractivity (Wildman–Crippen MR) is 107 cm³/mol. The molecule has 0 aliphatic carbocycles. The van der Waals surface area contributed by atoms with Gasteiger partial charge in [-0.15, -0.1) is 11.3 Å². The number of thiophene rings is 1. The molecular weight excluding hydrogens is 330 g/mol. The molecule has 0 unspecified atom stereocenters. The molecule has 0 fully saturated rings. The van der Waals surface area contributed by atoms with Crippen molar-refractivity contribution in [2.24, 2.45) is 4.99 Å². The van der Waals surface area contributed by atoms with Crippen molar-refractivity contribution in [3.63, 3.8) is 0 Å². The Hall–Kier alpha value is -1.85. The molecule has 2 aromatic rings. The second kappa shape index (κ2) is 10.2. The molecule has 0 spiro atoms. The molecule has 2 N–H and O–H groups in total. The van der Waals surface area contributed by atoms with E-state index >= 15 is 0 Å². The largest absolute Gasteiger partial charge is 0.374 e. The number of rotatable bonds is 8. The Morgan fingerprint density at radius 2 is 2.00 bits per heavy atom. The lowest BCUT2D eigenvalue weighted by Crippen LogP contribution is -2.36. The Balaban J connectivity index is 1.95. The fourth-order valence-corrected chi connectivity index (χ4v) is 3.19. The normalized spacial score (nSPS) is 11.8. The lowest BCUT2D eigenvalue weighted by Gasteiger charge is -2.12. The van der Waals surface area contributed by atoms with Crippen molar-refractivity contribution < 1.29 is 4.74 Å². The Morgan fingerprint density at radius 1 is 1.20 bits per heavy atom. The van der Waals surface area contributed by atoms with E-state index in [1.165, 1.54) is 21.6 Å². The molecular formula is C20H29N3OS. The Kier molecular flexibility index (Phi) is 7.95. The second-order valence-electron chi connectivity index (χ2n) is 6.26. The molecule has 136 valence electrons. The zero-order valence-corrected chi connectivity index (χ0v) is 16.5. The fraction of sp³-hybridized carbons (Fsp3) is 0.450. The summed E-state index contributed by atoms with van der Waals surface area (Å²) in [4.78, 5) is 6.05. The topological polar surface area (TPSA) is 45.7 Å². The van der Waals surface area contributed by atoms with E-state index in [1.54, 1.807) is 11.3 Å². The van der Waals surface area contributed by atoms with Crippen LogP contribution >= 0.6 is 11.3 Å². The molecule has 5 heteroatoms. The summed E-state index contributed by atoms with van der Waals surface area (Å²) in [5.74, 6) is 0.846. The molecule has 1 heterocycles. The van der Waals surface area contributed by atoms with Gasteiger partial charge in [0.25, 0.3) is 0 Å². The molecule has 25 heavy (non-hydrogen) atoms. The van der Waals surface area contributed by atoms with Gasteiger partial charge in [0.05, 0.1) is 25.8 Å². The molecule has 0 bridgehead atoms. The summed E-state index contributed by atoms with van der Waals surface area (Å²) in [6, 6.07) is 10.6. The van der Waals surface area contributed by atoms with Gasteiger partial charge in [-0.05, 0) is 55.8 Å². The summed E-state index contributed by atoms with van der Waals surface area (Å²) in [7, 11) is 0. The highest BCUT2D eigenvalue weighted by Crippen LogP contribution is 2.14. The van der Waals surface area contributed by atoms with Crippen LogP contribution in [0.15, 0.2) is 40.7 Å². The third-order valence-corrected chi connectivity index (χ3v) is 4.75. The van der Waals surface area contributed by atoms with Crippen molar-refractivity contribution in [1.82, 2.24) is 10.6 Å². The minimum Gasteiger partial charge on any atom is -0.374 e. The SMILES string of the molecule is CCNC(=NCc1cccc(COC(C)C)c1)NCc1sccc1C. The van der Waals surface area contributed by atoms with Crippen LogP contribution in [0.4, 0.5) is 0 Å². The number of benzene rings is 1. The summed E-state index contributed by atoms with van der Waals surface area (Å²) >= 11 is 1.77. The van der Waals surface area contributed by atoms with Crippen LogP contribution in [0.1, 0.15) is 42.3 Å². The van der Waals surface area contributed by atoms with Crippen LogP contribution in [0.25, 0.3) is 0 Å². The molecule has 0 atom stereocenters. The average Bonchev–Trinajstić information content (AvgIpc) is 3.01. The summed E-state index contributed by atoms with van der Waals surface area (Å²) in [5, 5.41) is 8.85. The van der Waals surface area contributed by atoms with Crippen LogP contribution in [-0.2, 0) is 24.4 Å². The lowest BCUT2D eigenvalue weighted by atomic mass is 10.1. The van der Waals surface area contributed by atoms with E-state index in [0.29, 0.717) is 13.2 Å². The third kappa shape index (κ3) is 6.88. The number of aryl methyl sites for hydroxylation is 1. The van der Waals surface area contributed by atoms with E-state index in [-0.39, 0.29) is 6.10 Å². The second-order valence-corrected chi connectivity index (χ2v) is 7.26. The van der Waals surface area contributed by atoms with Gasteiger partial charge in [0.2, 0.25) is 0 Å². The minimum atomic E-state index is 0.243. The first-order valence-electron chi connectivity index (χ1n) is 8.83. The molecule has 0 aliphatic rings. The van der Waals surface area contributed by atoms with Crippen molar-refractivity contribution in [2.45, 2.75) is 53.5 Å². The van der Waals surface area contributed by atoms with E-state index in [9.17, 15) is 0 Å². The van der Waals surface area contributed by atoms with Gasteiger partial charge < -0.3 is 15.4 Å². The highest BCUT2D eigenvalue weighted by atomic mass is 32.1. The molecule has 2 rings (SSSR count). The maximum absolute atomic E-state index is 5.68. The van der Waals surface area contributed by atoms with Crippen LogP contribution in [0.3, 0.4) is 0 Å². The van der Waals surface area contributed by atoms with Gasteiger partial charge in [0.1, 0.15) is 0 Å². The van der Waals surface area contributed by atoms with Gasteiger partial charge in [0, 0.05) is 11.4 Å². The Morgan fingerprint density at radius 3 is 2.68 bits per heavy atom. The molecule has 1 aromatic carbocycles. The molecule has 0 radical (unpaired) electrons.